The Labute approximate surface area is 106 Å². The van der Waals surface area contributed by atoms with E-state index in [4.69, 9.17) is 11.6 Å². The third-order valence-corrected chi connectivity index (χ3v) is 2.48. The van der Waals surface area contributed by atoms with Crippen LogP contribution >= 0.6 is 11.6 Å². The second-order valence-corrected chi connectivity index (χ2v) is 3.74. The number of nitro groups is 1. The third kappa shape index (κ3) is 2.54. The number of pyridine rings is 1. The van der Waals surface area contributed by atoms with E-state index in [-0.39, 0.29) is 16.5 Å². The number of rotatable bonds is 3. The van der Waals surface area contributed by atoms with Crippen LogP contribution in [0.25, 0.3) is 0 Å². The Balaban J connectivity index is 2.39. The fourth-order valence-corrected chi connectivity index (χ4v) is 1.57. The largest absolute Gasteiger partial charge is 0.347 e. The van der Waals surface area contributed by atoms with E-state index in [1.807, 2.05) is 0 Å². The van der Waals surface area contributed by atoms with Crippen LogP contribution in [-0.4, -0.2) is 9.91 Å². The Bertz CT molecular complexity index is 589. The van der Waals surface area contributed by atoms with Gasteiger partial charge < -0.3 is 5.32 Å². The van der Waals surface area contributed by atoms with Crippen molar-refractivity contribution in [1.29, 1.82) is 0 Å². The lowest BCUT2D eigenvalue weighted by atomic mass is 10.3. The minimum Gasteiger partial charge on any atom is -0.347 e. The van der Waals surface area contributed by atoms with E-state index in [0.29, 0.717) is 5.69 Å². The van der Waals surface area contributed by atoms with Crippen molar-refractivity contribution in [1.82, 2.24) is 4.98 Å². The lowest BCUT2D eigenvalue weighted by Crippen LogP contribution is -1.99. The van der Waals surface area contributed by atoms with Crippen LogP contribution < -0.4 is 5.32 Å². The number of nitrogens with one attached hydrogen (secondary N) is 1. The molecule has 1 N–H and O–H groups in total. The molecule has 0 saturated heterocycles. The smallest absolute Gasteiger partial charge is 0.297 e. The van der Waals surface area contributed by atoms with E-state index in [1.165, 1.54) is 36.5 Å². The molecule has 1 heterocycles. The molecule has 2 rings (SSSR count). The van der Waals surface area contributed by atoms with Gasteiger partial charge in [0.05, 0.1) is 4.92 Å². The molecular weight excluding hydrogens is 261 g/mol. The number of anilines is 2. The summed E-state index contributed by atoms with van der Waals surface area (Å²) in [5.74, 6) is -0.396. The molecule has 0 aliphatic carbocycles. The zero-order valence-electron chi connectivity index (χ0n) is 8.93. The average Bonchev–Trinajstić information content (AvgIpc) is 2.34. The lowest BCUT2D eigenvalue weighted by Gasteiger charge is -2.07. The molecule has 0 spiro atoms. The van der Waals surface area contributed by atoms with E-state index in [9.17, 15) is 14.5 Å². The van der Waals surface area contributed by atoms with E-state index < -0.39 is 10.7 Å². The number of nitrogens with zero attached hydrogens (tertiary/aromatic N) is 2. The quantitative estimate of drug-likeness (QED) is 0.525. The minimum atomic E-state index is -0.570. The van der Waals surface area contributed by atoms with E-state index in [2.05, 4.69) is 10.3 Å². The van der Waals surface area contributed by atoms with Crippen molar-refractivity contribution in [2.45, 2.75) is 0 Å². The summed E-state index contributed by atoms with van der Waals surface area (Å²) < 4.78 is 12.7. The van der Waals surface area contributed by atoms with Gasteiger partial charge in [0.2, 0.25) is 0 Å². The van der Waals surface area contributed by atoms with Gasteiger partial charge in [-0.3, -0.25) is 10.1 Å². The molecule has 0 radical (unpaired) electrons. The standard InChI is InChI=1S/C11H7ClFN3O2/c12-11-10(9(16(17)18)5-6-14-11)15-8-3-1-7(13)2-4-8/h1-6,15H. The van der Waals surface area contributed by atoms with Crippen molar-refractivity contribution < 1.29 is 9.31 Å². The van der Waals surface area contributed by atoms with Crippen molar-refractivity contribution >= 4 is 28.7 Å². The van der Waals surface area contributed by atoms with Gasteiger partial charge in [0.25, 0.3) is 5.69 Å². The number of aromatic nitrogens is 1. The molecule has 1 aromatic carbocycles. The van der Waals surface area contributed by atoms with Gasteiger partial charge in [0.15, 0.2) is 10.8 Å². The first-order valence-electron chi connectivity index (χ1n) is 4.89. The highest BCUT2D eigenvalue weighted by atomic mass is 35.5. The number of halogens is 2. The van der Waals surface area contributed by atoms with E-state index in [1.54, 1.807) is 0 Å². The highest BCUT2D eigenvalue weighted by molar-refractivity contribution is 6.32. The summed E-state index contributed by atoms with van der Waals surface area (Å²) in [5, 5.41) is 13.6. The normalized spacial score (nSPS) is 10.1. The molecule has 0 fully saturated rings. The Kier molecular flexibility index (Phi) is 3.38. The van der Waals surface area contributed by atoms with Gasteiger partial charge >= 0.3 is 0 Å². The van der Waals surface area contributed by atoms with Gasteiger partial charge in [0, 0.05) is 18.0 Å². The molecule has 0 aliphatic rings. The van der Waals surface area contributed by atoms with Crippen LogP contribution in [0.15, 0.2) is 36.5 Å². The molecule has 0 saturated carbocycles. The summed E-state index contributed by atoms with van der Waals surface area (Å²) in [5.41, 5.74) is 0.365. The summed E-state index contributed by atoms with van der Waals surface area (Å²) in [6.45, 7) is 0. The van der Waals surface area contributed by atoms with Crippen molar-refractivity contribution in [2.24, 2.45) is 0 Å². The van der Waals surface area contributed by atoms with Crippen LogP contribution in [0.3, 0.4) is 0 Å². The molecule has 0 aliphatic heterocycles. The predicted octanol–water partition coefficient (Wildman–Crippen LogP) is 3.53. The van der Waals surface area contributed by atoms with Gasteiger partial charge in [-0.15, -0.1) is 0 Å². The Morgan fingerprint density at radius 3 is 2.56 bits per heavy atom. The molecule has 92 valence electrons. The monoisotopic (exact) mass is 267 g/mol. The first-order valence-corrected chi connectivity index (χ1v) is 5.27. The molecule has 7 heteroatoms. The van der Waals surface area contributed by atoms with Crippen LogP contribution in [0.2, 0.25) is 5.15 Å². The van der Waals surface area contributed by atoms with E-state index >= 15 is 0 Å². The zero-order valence-corrected chi connectivity index (χ0v) is 9.69. The van der Waals surface area contributed by atoms with Gasteiger partial charge in [-0.1, -0.05) is 11.6 Å². The highest BCUT2D eigenvalue weighted by Gasteiger charge is 2.17. The molecule has 0 bridgehead atoms. The Morgan fingerprint density at radius 1 is 1.28 bits per heavy atom. The van der Waals surface area contributed by atoms with Crippen LogP contribution in [0, 0.1) is 15.9 Å². The van der Waals surface area contributed by atoms with Gasteiger partial charge in [0.1, 0.15) is 5.82 Å². The van der Waals surface area contributed by atoms with Crippen LogP contribution in [0.4, 0.5) is 21.5 Å². The minimum absolute atomic E-state index is 0.0199. The SMILES string of the molecule is O=[N+]([O-])c1ccnc(Cl)c1Nc1ccc(F)cc1. The second-order valence-electron chi connectivity index (χ2n) is 3.38. The Morgan fingerprint density at radius 2 is 1.94 bits per heavy atom. The summed E-state index contributed by atoms with van der Waals surface area (Å²) in [7, 11) is 0. The molecule has 0 amide bonds. The zero-order chi connectivity index (χ0) is 13.1. The highest BCUT2D eigenvalue weighted by Crippen LogP contribution is 2.32. The maximum absolute atomic E-state index is 12.7. The van der Waals surface area contributed by atoms with E-state index in [0.717, 1.165) is 0 Å². The first kappa shape index (κ1) is 12.3. The summed E-state index contributed by atoms with van der Waals surface area (Å²) in [6, 6.07) is 6.60. The topological polar surface area (TPSA) is 68.1 Å². The predicted molar refractivity (Wildman–Crippen MR) is 65.6 cm³/mol. The number of benzene rings is 1. The molecule has 18 heavy (non-hydrogen) atoms. The van der Waals surface area contributed by atoms with Crippen molar-refractivity contribution in [3.05, 3.63) is 57.6 Å². The van der Waals surface area contributed by atoms with Gasteiger partial charge in [-0.25, -0.2) is 9.37 Å². The van der Waals surface area contributed by atoms with Gasteiger partial charge in [-0.05, 0) is 24.3 Å². The summed E-state index contributed by atoms with van der Waals surface area (Å²) >= 11 is 5.80. The lowest BCUT2D eigenvalue weighted by molar-refractivity contribution is -0.384. The summed E-state index contributed by atoms with van der Waals surface area (Å²) in [6.07, 6.45) is 1.25. The molecular formula is C11H7ClFN3O2. The van der Waals surface area contributed by atoms with Crippen LogP contribution in [0.5, 0.6) is 0 Å². The first-order chi connectivity index (χ1) is 8.58. The summed E-state index contributed by atoms with van der Waals surface area (Å²) in [4.78, 5) is 14.0. The fourth-order valence-electron chi connectivity index (χ4n) is 1.37. The maximum Gasteiger partial charge on any atom is 0.297 e. The fraction of sp³-hybridized carbons (Fsp3) is 0. The molecule has 5 nitrogen and oxygen atoms in total. The van der Waals surface area contributed by atoms with Crippen molar-refractivity contribution in [3.8, 4) is 0 Å². The Hall–Kier alpha value is -2.21. The molecule has 1 aromatic heterocycles. The molecule has 2 aromatic rings. The van der Waals surface area contributed by atoms with Crippen molar-refractivity contribution in [2.75, 3.05) is 5.32 Å². The second kappa shape index (κ2) is 4.97. The maximum atomic E-state index is 12.7. The van der Waals surface area contributed by atoms with Crippen LogP contribution in [0.1, 0.15) is 0 Å². The average molecular weight is 268 g/mol. The number of hydrogen-bond donors (Lipinski definition) is 1. The van der Waals surface area contributed by atoms with Crippen LogP contribution in [-0.2, 0) is 0 Å². The number of hydrogen-bond acceptors (Lipinski definition) is 4. The molecule has 0 unspecified atom stereocenters. The molecule has 0 atom stereocenters. The van der Waals surface area contributed by atoms with Gasteiger partial charge in [-0.2, -0.15) is 0 Å². The third-order valence-electron chi connectivity index (χ3n) is 2.19. The van der Waals surface area contributed by atoms with Crippen molar-refractivity contribution in [3.63, 3.8) is 0 Å².